The Morgan fingerprint density at radius 3 is 2.46 bits per heavy atom. The number of aldehydes is 1. The molecule has 1 N–H and O–H groups in total. The highest BCUT2D eigenvalue weighted by Crippen LogP contribution is 2.21. The average molecular weight is 182 g/mol. The normalized spacial score (nSPS) is 11.4. The zero-order valence-corrected chi connectivity index (χ0v) is 7.54. The second-order valence-electron chi connectivity index (χ2n) is 3.41. The van der Waals surface area contributed by atoms with Crippen molar-refractivity contribution in [3.63, 3.8) is 0 Å². The molecule has 0 amide bonds. The Hall–Kier alpha value is -1.22. The summed E-state index contributed by atoms with van der Waals surface area (Å²) in [6.45, 7) is 3.12. The van der Waals surface area contributed by atoms with Crippen LogP contribution >= 0.6 is 0 Å². The number of benzene rings is 1. The van der Waals surface area contributed by atoms with Gasteiger partial charge in [-0.05, 0) is 31.5 Å². The van der Waals surface area contributed by atoms with Gasteiger partial charge >= 0.3 is 0 Å². The molecule has 0 aliphatic rings. The molecule has 0 saturated heterocycles. The van der Waals surface area contributed by atoms with Crippen molar-refractivity contribution in [3.8, 4) is 0 Å². The standard InChI is InChI=1S/C10H11FO2/c1-10(2,13)8-4-3-7(6-12)9(11)5-8/h3-6,13H,1-2H3. The maximum atomic E-state index is 13.0. The van der Waals surface area contributed by atoms with Gasteiger partial charge in [-0.1, -0.05) is 6.07 Å². The van der Waals surface area contributed by atoms with E-state index >= 15 is 0 Å². The maximum absolute atomic E-state index is 13.0. The highest BCUT2D eigenvalue weighted by Gasteiger charge is 2.17. The average Bonchev–Trinajstić information content (AvgIpc) is 2.02. The zero-order valence-electron chi connectivity index (χ0n) is 7.54. The van der Waals surface area contributed by atoms with Crippen LogP contribution in [0.25, 0.3) is 0 Å². The summed E-state index contributed by atoms with van der Waals surface area (Å²) in [4.78, 5) is 10.3. The van der Waals surface area contributed by atoms with Gasteiger partial charge in [-0.2, -0.15) is 0 Å². The lowest BCUT2D eigenvalue weighted by Crippen LogP contribution is -2.15. The molecule has 3 heteroatoms. The third kappa shape index (κ3) is 2.12. The number of hydrogen-bond acceptors (Lipinski definition) is 2. The minimum absolute atomic E-state index is 0.00741. The molecule has 1 aromatic carbocycles. The second-order valence-corrected chi connectivity index (χ2v) is 3.41. The molecule has 0 aliphatic carbocycles. The van der Waals surface area contributed by atoms with Crippen LogP contribution in [0.5, 0.6) is 0 Å². The van der Waals surface area contributed by atoms with Gasteiger partial charge < -0.3 is 5.11 Å². The molecule has 0 spiro atoms. The minimum atomic E-state index is -1.08. The van der Waals surface area contributed by atoms with Crippen molar-refractivity contribution in [2.24, 2.45) is 0 Å². The van der Waals surface area contributed by atoms with E-state index < -0.39 is 11.4 Å². The molecule has 0 saturated carbocycles. The Kier molecular flexibility index (Phi) is 2.48. The first-order valence-corrected chi connectivity index (χ1v) is 3.93. The molecule has 1 aromatic rings. The van der Waals surface area contributed by atoms with Crippen LogP contribution in [0, 0.1) is 5.82 Å². The summed E-state index contributed by atoms with van der Waals surface area (Å²) in [7, 11) is 0. The summed E-state index contributed by atoms with van der Waals surface area (Å²) in [5.74, 6) is -0.602. The van der Waals surface area contributed by atoms with Crippen LogP contribution in [-0.4, -0.2) is 11.4 Å². The van der Waals surface area contributed by atoms with Gasteiger partial charge in [0.2, 0.25) is 0 Å². The quantitative estimate of drug-likeness (QED) is 0.709. The highest BCUT2D eigenvalue weighted by atomic mass is 19.1. The first-order valence-electron chi connectivity index (χ1n) is 3.93. The third-order valence-corrected chi connectivity index (χ3v) is 1.83. The van der Waals surface area contributed by atoms with Gasteiger partial charge in [0, 0.05) is 0 Å². The van der Waals surface area contributed by atoms with Gasteiger partial charge in [-0.15, -0.1) is 0 Å². The molecule has 0 heterocycles. The van der Waals surface area contributed by atoms with Gasteiger partial charge in [-0.3, -0.25) is 4.79 Å². The van der Waals surface area contributed by atoms with Crippen LogP contribution in [-0.2, 0) is 5.60 Å². The second kappa shape index (κ2) is 3.26. The molecule has 0 aromatic heterocycles. The van der Waals surface area contributed by atoms with Crippen molar-refractivity contribution in [1.82, 2.24) is 0 Å². The predicted molar refractivity (Wildman–Crippen MR) is 47.0 cm³/mol. The van der Waals surface area contributed by atoms with E-state index in [4.69, 9.17) is 0 Å². The fourth-order valence-corrected chi connectivity index (χ4v) is 1.00. The first-order chi connectivity index (χ1) is 5.95. The SMILES string of the molecule is CC(C)(O)c1ccc(C=O)c(F)c1. The lowest BCUT2D eigenvalue weighted by Gasteiger charge is -2.17. The summed E-state index contributed by atoms with van der Waals surface area (Å²) in [6, 6.07) is 4.06. The number of rotatable bonds is 2. The van der Waals surface area contributed by atoms with Gasteiger partial charge in [-0.25, -0.2) is 4.39 Å². The number of aliphatic hydroxyl groups is 1. The van der Waals surface area contributed by atoms with Gasteiger partial charge in [0.15, 0.2) is 6.29 Å². The number of carbonyl (C=O) groups excluding carboxylic acids is 1. The molecule has 0 radical (unpaired) electrons. The minimum Gasteiger partial charge on any atom is -0.386 e. The maximum Gasteiger partial charge on any atom is 0.152 e. The van der Waals surface area contributed by atoms with E-state index in [9.17, 15) is 14.3 Å². The first kappa shape index (κ1) is 9.86. The van der Waals surface area contributed by atoms with Crippen LogP contribution < -0.4 is 0 Å². The molecule has 70 valence electrons. The Morgan fingerprint density at radius 1 is 1.46 bits per heavy atom. The van der Waals surface area contributed by atoms with E-state index in [1.807, 2.05) is 0 Å². The molecule has 1 rings (SSSR count). The molecular formula is C10H11FO2. The summed E-state index contributed by atoms with van der Waals surface area (Å²) in [5.41, 5.74) is -0.619. The molecule has 0 unspecified atom stereocenters. The van der Waals surface area contributed by atoms with E-state index in [0.717, 1.165) is 0 Å². The molecule has 0 atom stereocenters. The Balaban J connectivity index is 3.17. The van der Waals surface area contributed by atoms with Crippen molar-refractivity contribution in [3.05, 3.63) is 35.1 Å². The fourth-order valence-electron chi connectivity index (χ4n) is 1.00. The van der Waals surface area contributed by atoms with Gasteiger partial charge in [0.05, 0.1) is 11.2 Å². The van der Waals surface area contributed by atoms with Crippen molar-refractivity contribution >= 4 is 6.29 Å². The van der Waals surface area contributed by atoms with Crippen LogP contribution in [0.15, 0.2) is 18.2 Å². The lowest BCUT2D eigenvalue weighted by atomic mass is 9.97. The lowest BCUT2D eigenvalue weighted by molar-refractivity contribution is 0.0781. The van der Waals surface area contributed by atoms with E-state index in [-0.39, 0.29) is 5.56 Å². The third-order valence-electron chi connectivity index (χ3n) is 1.83. The molecule has 2 nitrogen and oxygen atoms in total. The Morgan fingerprint density at radius 2 is 2.08 bits per heavy atom. The number of carbonyl (C=O) groups is 1. The van der Waals surface area contributed by atoms with Crippen molar-refractivity contribution in [2.75, 3.05) is 0 Å². The molecule has 0 aliphatic heterocycles. The smallest absolute Gasteiger partial charge is 0.152 e. The molecule has 13 heavy (non-hydrogen) atoms. The Labute approximate surface area is 76.0 Å². The summed E-state index contributed by atoms with van der Waals surface area (Å²) < 4.78 is 13.0. The van der Waals surface area contributed by atoms with E-state index in [1.54, 1.807) is 13.8 Å². The molecular weight excluding hydrogens is 171 g/mol. The number of halogens is 1. The summed E-state index contributed by atoms with van der Waals surface area (Å²) >= 11 is 0. The van der Waals surface area contributed by atoms with Crippen molar-refractivity contribution in [2.45, 2.75) is 19.4 Å². The van der Waals surface area contributed by atoms with Crippen LogP contribution in [0.3, 0.4) is 0 Å². The van der Waals surface area contributed by atoms with Gasteiger partial charge in [0.1, 0.15) is 5.82 Å². The van der Waals surface area contributed by atoms with Crippen molar-refractivity contribution < 1.29 is 14.3 Å². The monoisotopic (exact) mass is 182 g/mol. The zero-order chi connectivity index (χ0) is 10.1. The van der Waals surface area contributed by atoms with Crippen molar-refractivity contribution in [1.29, 1.82) is 0 Å². The Bertz CT molecular complexity index is 326. The number of hydrogen-bond donors (Lipinski definition) is 1. The predicted octanol–water partition coefficient (Wildman–Crippen LogP) is 1.87. The highest BCUT2D eigenvalue weighted by molar-refractivity contribution is 5.75. The largest absolute Gasteiger partial charge is 0.386 e. The van der Waals surface area contributed by atoms with Crippen LogP contribution in [0.1, 0.15) is 29.8 Å². The summed E-state index contributed by atoms with van der Waals surface area (Å²) in [6.07, 6.45) is 0.448. The topological polar surface area (TPSA) is 37.3 Å². The van der Waals surface area contributed by atoms with Crippen LogP contribution in [0.2, 0.25) is 0 Å². The van der Waals surface area contributed by atoms with E-state index in [1.165, 1.54) is 18.2 Å². The van der Waals surface area contributed by atoms with Gasteiger partial charge in [0.25, 0.3) is 0 Å². The van der Waals surface area contributed by atoms with Crippen LogP contribution in [0.4, 0.5) is 4.39 Å². The molecule has 0 fully saturated rings. The fraction of sp³-hybridized carbons (Fsp3) is 0.300. The van der Waals surface area contributed by atoms with E-state index in [0.29, 0.717) is 11.8 Å². The summed E-state index contributed by atoms with van der Waals surface area (Å²) in [5, 5.41) is 9.52. The van der Waals surface area contributed by atoms with E-state index in [2.05, 4.69) is 0 Å². The molecule has 0 bridgehead atoms.